The van der Waals surface area contributed by atoms with Crippen molar-refractivity contribution in [3.8, 4) is 0 Å². The number of aryl methyl sites for hydroxylation is 1. The van der Waals surface area contributed by atoms with Gasteiger partial charge in [-0.15, -0.1) is 0 Å². The molecule has 1 aliphatic rings. The molecule has 5 nitrogen and oxygen atoms in total. The summed E-state index contributed by atoms with van der Waals surface area (Å²) in [5.74, 6) is -0.795. The molecule has 0 aliphatic carbocycles. The molecular weight excluding hydrogens is 447 g/mol. The van der Waals surface area contributed by atoms with Crippen LogP contribution in [0, 0.1) is 5.82 Å². The lowest BCUT2D eigenvalue weighted by atomic mass is 10.0. The maximum Gasteiger partial charge on any atom is 0.259 e. The molecule has 1 amide bonds. The van der Waals surface area contributed by atoms with Crippen molar-refractivity contribution < 1.29 is 17.6 Å². The summed E-state index contributed by atoms with van der Waals surface area (Å²) >= 11 is 3.31. The van der Waals surface area contributed by atoms with E-state index in [1.54, 1.807) is 36.9 Å². The van der Waals surface area contributed by atoms with Gasteiger partial charge in [0.2, 0.25) is 10.0 Å². The number of benzene rings is 2. The Morgan fingerprint density at radius 3 is 2.57 bits per heavy atom. The summed E-state index contributed by atoms with van der Waals surface area (Å²) in [5, 5.41) is 0. The zero-order chi connectivity index (χ0) is 20.5. The molecule has 2 aromatic carbocycles. The predicted octanol–water partition coefficient (Wildman–Crippen LogP) is 4.21. The van der Waals surface area contributed by atoms with E-state index in [-0.39, 0.29) is 16.4 Å². The first-order valence-electron chi connectivity index (χ1n) is 9.19. The van der Waals surface area contributed by atoms with Crippen LogP contribution in [0.15, 0.2) is 45.8 Å². The molecular formula is C20H22BrFN2O3S. The predicted molar refractivity (Wildman–Crippen MR) is 111 cm³/mol. The molecule has 0 aromatic heterocycles. The summed E-state index contributed by atoms with van der Waals surface area (Å²) in [7, 11) is -3.56. The van der Waals surface area contributed by atoms with E-state index >= 15 is 0 Å². The van der Waals surface area contributed by atoms with Gasteiger partial charge in [0.15, 0.2) is 0 Å². The van der Waals surface area contributed by atoms with Gasteiger partial charge in [0.25, 0.3) is 5.91 Å². The van der Waals surface area contributed by atoms with Gasteiger partial charge in [0.1, 0.15) is 5.82 Å². The standard InChI is InChI=1S/C20H22BrFN2O3S/c1-3-23(4-2)28(26,27)16-8-10-19-14(12-16)6-5-11-24(19)20(25)17-13-15(22)7-9-18(17)21/h7-10,12-13H,3-6,11H2,1-2H3. The van der Waals surface area contributed by atoms with Gasteiger partial charge in [-0.05, 0) is 70.7 Å². The molecule has 1 aliphatic heterocycles. The first-order valence-corrected chi connectivity index (χ1v) is 11.4. The van der Waals surface area contributed by atoms with Crippen LogP contribution < -0.4 is 4.90 Å². The molecule has 1 heterocycles. The number of sulfonamides is 1. The van der Waals surface area contributed by atoms with Crippen LogP contribution in [0.5, 0.6) is 0 Å². The first-order chi connectivity index (χ1) is 13.3. The van der Waals surface area contributed by atoms with E-state index in [9.17, 15) is 17.6 Å². The summed E-state index contributed by atoms with van der Waals surface area (Å²) in [6, 6.07) is 8.88. The second kappa shape index (κ2) is 8.31. The van der Waals surface area contributed by atoms with Gasteiger partial charge in [-0.2, -0.15) is 4.31 Å². The minimum absolute atomic E-state index is 0.233. The lowest BCUT2D eigenvalue weighted by Gasteiger charge is -2.30. The molecule has 2 aromatic rings. The molecule has 28 heavy (non-hydrogen) atoms. The fourth-order valence-corrected chi connectivity index (χ4v) is 5.39. The van der Waals surface area contributed by atoms with E-state index in [1.165, 1.54) is 22.5 Å². The van der Waals surface area contributed by atoms with Gasteiger partial charge in [0, 0.05) is 29.8 Å². The van der Waals surface area contributed by atoms with Gasteiger partial charge >= 0.3 is 0 Å². The number of amides is 1. The number of fused-ring (bicyclic) bond motifs is 1. The van der Waals surface area contributed by atoms with E-state index in [4.69, 9.17) is 0 Å². The van der Waals surface area contributed by atoms with Crippen LogP contribution in [-0.2, 0) is 16.4 Å². The van der Waals surface area contributed by atoms with Crippen molar-refractivity contribution in [2.24, 2.45) is 0 Å². The minimum Gasteiger partial charge on any atom is -0.308 e. The van der Waals surface area contributed by atoms with Gasteiger partial charge in [0.05, 0.1) is 10.5 Å². The molecule has 0 spiro atoms. The molecule has 0 atom stereocenters. The summed E-state index contributed by atoms with van der Waals surface area (Å²) in [6.45, 7) is 4.90. The minimum atomic E-state index is -3.56. The topological polar surface area (TPSA) is 57.7 Å². The van der Waals surface area contributed by atoms with Crippen molar-refractivity contribution in [1.82, 2.24) is 4.31 Å². The van der Waals surface area contributed by atoms with Crippen LogP contribution in [0.1, 0.15) is 36.2 Å². The smallest absolute Gasteiger partial charge is 0.259 e. The molecule has 0 saturated heterocycles. The zero-order valence-electron chi connectivity index (χ0n) is 15.8. The number of hydrogen-bond acceptors (Lipinski definition) is 3. The average molecular weight is 469 g/mol. The molecule has 0 radical (unpaired) electrons. The highest BCUT2D eigenvalue weighted by Crippen LogP contribution is 2.32. The Balaban J connectivity index is 2.00. The number of anilines is 1. The van der Waals surface area contributed by atoms with Crippen molar-refractivity contribution in [2.75, 3.05) is 24.5 Å². The third-order valence-corrected chi connectivity index (χ3v) is 7.65. The summed E-state index contributed by atoms with van der Waals surface area (Å²) in [5.41, 5.74) is 1.72. The van der Waals surface area contributed by atoms with Crippen molar-refractivity contribution in [2.45, 2.75) is 31.6 Å². The highest BCUT2D eigenvalue weighted by molar-refractivity contribution is 9.10. The Kier molecular flexibility index (Phi) is 6.21. The quantitative estimate of drug-likeness (QED) is 0.660. The van der Waals surface area contributed by atoms with Crippen LogP contribution in [0.25, 0.3) is 0 Å². The Morgan fingerprint density at radius 1 is 1.18 bits per heavy atom. The maximum atomic E-state index is 13.6. The third kappa shape index (κ3) is 3.86. The lowest BCUT2D eigenvalue weighted by Crippen LogP contribution is -2.36. The summed E-state index contributed by atoms with van der Waals surface area (Å²) in [6.07, 6.45) is 1.39. The van der Waals surface area contributed by atoms with Crippen molar-refractivity contribution >= 4 is 37.5 Å². The molecule has 8 heteroatoms. The number of rotatable bonds is 5. The van der Waals surface area contributed by atoms with Crippen molar-refractivity contribution in [3.05, 3.63) is 57.8 Å². The van der Waals surface area contributed by atoms with Crippen molar-refractivity contribution in [3.63, 3.8) is 0 Å². The Hall–Kier alpha value is -1.77. The Bertz CT molecular complexity index is 1010. The average Bonchev–Trinajstić information content (AvgIpc) is 2.69. The van der Waals surface area contributed by atoms with E-state index in [1.807, 2.05) is 0 Å². The molecule has 150 valence electrons. The first kappa shape index (κ1) is 21.0. The van der Waals surface area contributed by atoms with Gasteiger partial charge < -0.3 is 4.90 Å². The van der Waals surface area contributed by atoms with E-state index in [2.05, 4.69) is 15.9 Å². The Morgan fingerprint density at radius 2 is 1.89 bits per heavy atom. The maximum absolute atomic E-state index is 13.6. The van der Waals surface area contributed by atoms with Crippen LogP contribution in [0.2, 0.25) is 0 Å². The van der Waals surface area contributed by atoms with E-state index < -0.39 is 15.8 Å². The van der Waals surface area contributed by atoms with E-state index in [0.717, 1.165) is 5.56 Å². The monoisotopic (exact) mass is 468 g/mol. The number of carbonyl (C=O) groups is 1. The number of hydrogen-bond donors (Lipinski definition) is 0. The summed E-state index contributed by atoms with van der Waals surface area (Å²) in [4.78, 5) is 14.8. The van der Waals surface area contributed by atoms with Gasteiger partial charge in [-0.25, -0.2) is 12.8 Å². The Labute approximate surface area is 173 Å². The third-order valence-electron chi connectivity index (χ3n) is 4.92. The zero-order valence-corrected chi connectivity index (χ0v) is 18.2. The fraction of sp³-hybridized carbons (Fsp3) is 0.350. The van der Waals surface area contributed by atoms with Crippen LogP contribution in [-0.4, -0.2) is 38.3 Å². The van der Waals surface area contributed by atoms with Crippen LogP contribution in [0.4, 0.5) is 10.1 Å². The highest BCUT2D eigenvalue weighted by atomic mass is 79.9. The normalized spacial score (nSPS) is 14.2. The fourth-order valence-electron chi connectivity index (χ4n) is 3.46. The number of halogens is 2. The van der Waals surface area contributed by atoms with E-state index in [0.29, 0.717) is 42.6 Å². The highest BCUT2D eigenvalue weighted by Gasteiger charge is 2.28. The molecule has 0 fully saturated rings. The number of carbonyl (C=O) groups excluding carboxylic acids is 1. The lowest BCUT2D eigenvalue weighted by molar-refractivity contribution is 0.0984. The second-order valence-corrected chi connectivity index (χ2v) is 9.36. The second-order valence-electron chi connectivity index (χ2n) is 6.56. The summed E-state index contributed by atoms with van der Waals surface area (Å²) < 4.78 is 41.2. The number of nitrogens with zero attached hydrogens (tertiary/aromatic N) is 2. The van der Waals surface area contributed by atoms with Crippen LogP contribution in [0.3, 0.4) is 0 Å². The molecule has 0 N–H and O–H groups in total. The van der Waals surface area contributed by atoms with Gasteiger partial charge in [-0.1, -0.05) is 13.8 Å². The largest absolute Gasteiger partial charge is 0.308 e. The van der Waals surface area contributed by atoms with Gasteiger partial charge in [-0.3, -0.25) is 4.79 Å². The van der Waals surface area contributed by atoms with Crippen LogP contribution >= 0.6 is 15.9 Å². The molecule has 3 rings (SSSR count). The van der Waals surface area contributed by atoms with Crippen molar-refractivity contribution in [1.29, 1.82) is 0 Å². The molecule has 0 bridgehead atoms. The SMILES string of the molecule is CCN(CC)S(=O)(=O)c1ccc2c(c1)CCCN2C(=O)c1cc(F)ccc1Br. The molecule has 0 unspecified atom stereocenters. The molecule has 0 saturated carbocycles.